The first-order valence-corrected chi connectivity index (χ1v) is 8.97. The molecule has 1 aromatic rings. The van der Waals surface area contributed by atoms with Gasteiger partial charge >= 0.3 is 0 Å². The molecule has 3 aliphatic rings. The van der Waals surface area contributed by atoms with Crippen LogP contribution in [0.25, 0.3) is 0 Å². The zero-order chi connectivity index (χ0) is 15.5. The van der Waals surface area contributed by atoms with Crippen molar-refractivity contribution in [3.63, 3.8) is 0 Å². The fourth-order valence-electron chi connectivity index (χ4n) is 3.59. The number of morpholine rings is 1. The lowest BCUT2D eigenvalue weighted by atomic mass is 10.1. The summed E-state index contributed by atoms with van der Waals surface area (Å²) in [5.41, 5.74) is 1.17. The van der Waals surface area contributed by atoms with Crippen LogP contribution in [-0.2, 0) is 11.3 Å². The minimum absolute atomic E-state index is 0.770. The quantitative estimate of drug-likeness (QED) is 0.841. The average Bonchev–Trinajstić information content (AvgIpc) is 3.36. The van der Waals surface area contributed by atoms with Crippen molar-refractivity contribution < 1.29 is 4.74 Å². The Kier molecular flexibility index (Phi) is 4.73. The molecule has 0 aromatic carbocycles. The van der Waals surface area contributed by atoms with Crippen LogP contribution >= 0.6 is 0 Å². The molecule has 6 nitrogen and oxygen atoms in total. The smallest absolute Gasteiger partial charge is 0.225 e. The third-order valence-electron chi connectivity index (χ3n) is 5.13. The third kappa shape index (κ3) is 4.00. The van der Waals surface area contributed by atoms with Gasteiger partial charge in [-0.05, 0) is 38.3 Å². The number of aromatic nitrogens is 2. The van der Waals surface area contributed by atoms with Gasteiger partial charge in [0.1, 0.15) is 0 Å². The van der Waals surface area contributed by atoms with Crippen molar-refractivity contribution in [2.24, 2.45) is 5.92 Å². The summed E-state index contributed by atoms with van der Waals surface area (Å²) in [6.45, 7) is 7.86. The van der Waals surface area contributed by atoms with Gasteiger partial charge < -0.3 is 19.9 Å². The summed E-state index contributed by atoms with van der Waals surface area (Å²) in [6, 6.07) is 0.918. The van der Waals surface area contributed by atoms with E-state index in [1.807, 2.05) is 12.4 Å². The van der Waals surface area contributed by atoms with E-state index in [1.54, 1.807) is 0 Å². The van der Waals surface area contributed by atoms with E-state index in [0.29, 0.717) is 0 Å². The maximum Gasteiger partial charge on any atom is 0.225 e. The first-order chi connectivity index (χ1) is 11.4. The van der Waals surface area contributed by atoms with Crippen LogP contribution in [0.5, 0.6) is 0 Å². The van der Waals surface area contributed by atoms with Gasteiger partial charge in [0.2, 0.25) is 5.95 Å². The molecule has 0 radical (unpaired) electrons. The number of hydrogen-bond donors (Lipinski definition) is 1. The molecular formula is C17H27N5O. The molecule has 126 valence electrons. The maximum absolute atomic E-state index is 5.36. The molecule has 1 atom stereocenters. The number of rotatable bonds is 6. The minimum Gasteiger partial charge on any atom is -0.378 e. The standard InChI is InChI=1S/C17H27N5O/c1-2-16(1)22-4-3-14(13-22)9-18-10-15-11-19-17(20-12-15)21-5-7-23-8-6-21/h11-12,14,16,18H,1-10,13H2. The van der Waals surface area contributed by atoms with Gasteiger partial charge in [-0.25, -0.2) is 9.97 Å². The Morgan fingerprint density at radius 3 is 2.61 bits per heavy atom. The third-order valence-corrected chi connectivity index (χ3v) is 5.13. The van der Waals surface area contributed by atoms with Crippen LogP contribution in [0.3, 0.4) is 0 Å². The Balaban J connectivity index is 1.20. The molecule has 4 rings (SSSR count). The highest BCUT2D eigenvalue weighted by Crippen LogP contribution is 2.31. The van der Waals surface area contributed by atoms with Crippen molar-refractivity contribution in [2.75, 3.05) is 50.8 Å². The van der Waals surface area contributed by atoms with Crippen LogP contribution in [0.2, 0.25) is 0 Å². The van der Waals surface area contributed by atoms with Gasteiger partial charge in [-0.3, -0.25) is 0 Å². The topological polar surface area (TPSA) is 53.5 Å². The second kappa shape index (κ2) is 7.11. The van der Waals surface area contributed by atoms with E-state index in [-0.39, 0.29) is 0 Å². The monoisotopic (exact) mass is 317 g/mol. The van der Waals surface area contributed by atoms with Crippen LogP contribution in [0.15, 0.2) is 12.4 Å². The highest BCUT2D eigenvalue weighted by Gasteiger charge is 2.33. The van der Waals surface area contributed by atoms with Crippen molar-refractivity contribution >= 4 is 5.95 Å². The first kappa shape index (κ1) is 15.3. The molecule has 0 spiro atoms. The molecule has 0 bridgehead atoms. The highest BCUT2D eigenvalue weighted by molar-refractivity contribution is 5.30. The van der Waals surface area contributed by atoms with Gasteiger partial charge in [-0.2, -0.15) is 0 Å². The maximum atomic E-state index is 5.36. The number of anilines is 1. The molecule has 6 heteroatoms. The summed E-state index contributed by atoms with van der Waals surface area (Å²) in [5.74, 6) is 1.64. The Hall–Kier alpha value is -1.24. The predicted molar refractivity (Wildman–Crippen MR) is 89.5 cm³/mol. The van der Waals surface area contributed by atoms with Crippen LogP contribution in [0, 0.1) is 5.92 Å². The van der Waals surface area contributed by atoms with Gasteiger partial charge in [-0.15, -0.1) is 0 Å². The number of ether oxygens (including phenoxy) is 1. The average molecular weight is 317 g/mol. The molecule has 3 fully saturated rings. The molecule has 0 amide bonds. The van der Waals surface area contributed by atoms with Gasteiger partial charge in [0.25, 0.3) is 0 Å². The number of likely N-dealkylation sites (tertiary alicyclic amines) is 1. The summed E-state index contributed by atoms with van der Waals surface area (Å²) < 4.78 is 5.36. The van der Waals surface area contributed by atoms with E-state index in [2.05, 4.69) is 25.1 Å². The fraction of sp³-hybridized carbons (Fsp3) is 0.765. The number of hydrogen-bond acceptors (Lipinski definition) is 6. The second-order valence-electron chi connectivity index (χ2n) is 7.00. The number of nitrogens with zero attached hydrogens (tertiary/aromatic N) is 4. The number of nitrogens with one attached hydrogen (secondary N) is 1. The zero-order valence-corrected chi connectivity index (χ0v) is 13.8. The Bertz CT molecular complexity index is 498. The van der Waals surface area contributed by atoms with Gasteiger partial charge in [0.05, 0.1) is 13.2 Å². The zero-order valence-electron chi connectivity index (χ0n) is 13.8. The van der Waals surface area contributed by atoms with Crippen LogP contribution in [0.1, 0.15) is 24.8 Å². The minimum atomic E-state index is 0.770. The Labute approximate surface area is 138 Å². The molecule has 1 unspecified atom stereocenters. The van der Waals surface area contributed by atoms with Crippen LogP contribution in [-0.4, -0.2) is 66.8 Å². The van der Waals surface area contributed by atoms with Gasteiger partial charge in [-0.1, -0.05) is 0 Å². The fourth-order valence-corrected chi connectivity index (χ4v) is 3.59. The van der Waals surface area contributed by atoms with Crippen molar-refractivity contribution in [1.29, 1.82) is 0 Å². The molecular weight excluding hydrogens is 290 g/mol. The van der Waals surface area contributed by atoms with Gasteiger partial charge in [0.15, 0.2) is 0 Å². The summed E-state index contributed by atoms with van der Waals surface area (Å²) in [7, 11) is 0. The lowest BCUT2D eigenvalue weighted by Crippen LogP contribution is -2.37. The summed E-state index contributed by atoms with van der Waals surface area (Å²) in [4.78, 5) is 13.9. The molecule has 1 aliphatic carbocycles. The van der Waals surface area contributed by atoms with E-state index in [4.69, 9.17) is 4.74 Å². The molecule has 3 heterocycles. The second-order valence-corrected chi connectivity index (χ2v) is 7.00. The largest absolute Gasteiger partial charge is 0.378 e. The molecule has 1 N–H and O–H groups in total. The highest BCUT2D eigenvalue weighted by atomic mass is 16.5. The molecule has 23 heavy (non-hydrogen) atoms. The van der Waals surface area contributed by atoms with E-state index >= 15 is 0 Å². The first-order valence-electron chi connectivity index (χ1n) is 8.97. The lowest BCUT2D eigenvalue weighted by molar-refractivity contribution is 0.122. The molecule has 2 saturated heterocycles. The van der Waals surface area contributed by atoms with E-state index < -0.39 is 0 Å². The molecule has 1 aromatic heterocycles. The van der Waals surface area contributed by atoms with Crippen LogP contribution in [0.4, 0.5) is 5.95 Å². The van der Waals surface area contributed by atoms with Gasteiger partial charge in [0, 0.05) is 50.2 Å². The van der Waals surface area contributed by atoms with Crippen molar-refractivity contribution in [3.8, 4) is 0 Å². The van der Waals surface area contributed by atoms with Crippen molar-refractivity contribution in [1.82, 2.24) is 20.2 Å². The van der Waals surface area contributed by atoms with Crippen molar-refractivity contribution in [3.05, 3.63) is 18.0 Å². The Morgan fingerprint density at radius 2 is 1.87 bits per heavy atom. The summed E-state index contributed by atoms with van der Waals surface area (Å²) >= 11 is 0. The van der Waals surface area contributed by atoms with E-state index in [9.17, 15) is 0 Å². The summed E-state index contributed by atoms with van der Waals surface area (Å²) in [5, 5.41) is 3.58. The predicted octanol–water partition coefficient (Wildman–Crippen LogP) is 0.887. The van der Waals surface area contributed by atoms with E-state index in [1.165, 1.54) is 37.9 Å². The lowest BCUT2D eigenvalue weighted by Gasteiger charge is -2.26. The van der Waals surface area contributed by atoms with Crippen LogP contribution < -0.4 is 10.2 Å². The summed E-state index contributed by atoms with van der Waals surface area (Å²) in [6.07, 6.45) is 8.10. The SMILES string of the molecule is c1nc(N2CCOCC2)ncc1CNCC1CCN(C2CC2)C1. The molecule has 1 saturated carbocycles. The molecule has 2 aliphatic heterocycles. The van der Waals surface area contributed by atoms with Crippen molar-refractivity contribution in [2.45, 2.75) is 31.8 Å². The van der Waals surface area contributed by atoms with E-state index in [0.717, 1.165) is 57.3 Å². The normalized spacial score (nSPS) is 25.9. The Morgan fingerprint density at radius 1 is 1.09 bits per heavy atom.